The molecular weight excluding hydrogens is 237 g/mol. The van der Waals surface area contributed by atoms with Gasteiger partial charge in [-0.2, -0.15) is 0 Å². The number of amides is 2. The second kappa shape index (κ2) is 4.76. The van der Waals surface area contributed by atoms with Crippen LogP contribution in [0, 0.1) is 11.7 Å². The van der Waals surface area contributed by atoms with Crippen LogP contribution in [0.25, 0.3) is 0 Å². The third-order valence-electron chi connectivity index (χ3n) is 2.97. The Labute approximate surface area is 104 Å². The molecule has 1 heterocycles. The average Bonchev–Trinajstić information content (AvgIpc) is 2.67. The van der Waals surface area contributed by atoms with Gasteiger partial charge in [0.25, 0.3) is 5.91 Å². The van der Waals surface area contributed by atoms with Crippen molar-refractivity contribution in [3.05, 3.63) is 29.6 Å². The number of ether oxygens (including phenoxy) is 1. The molecular formula is C13H14FNO3. The summed E-state index contributed by atoms with van der Waals surface area (Å²) in [6, 6.07) is 3.98. The molecule has 4 nitrogen and oxygen atoms in total. The highest BCUT2D eigenvalue weighted by Gasteiger charge is 2.33. The number of carbonyl (C=O) groups excluding carboxylic acids is 2. The molecule has 0 spiro atoms. The number of imide groups is 1. The lowest BCUT2D eigenvalue weighted by molar-refractivity contribution is -0.125. The highest BCUT2D eigenvalue weighted by Crippen LogP contribution is 2.22. The van der Waals surface area contributed by atoms with E-state index in [0.29, 0.717) is 18.7 Å². The minimum Gasteiger partial charge on any atom is -0.497 e. The van der Waals surface area contributed by atoms with Crippen LogP contribution in [-0.2, 0) is 4.79 Å². The van der Waals surface area contributed by atoms with Crippen molar-refractivity contribution >= 4 is 11.8 Å². The van der Waals surface area contributed by atoms with Gasteiger partial charge >= 0.3 is 0 Å². The van der Waals surface area contributed by atoms with Gasteiger partial charge in [-0.25, -0.2) is 4.39 Å². The second-order valence-corrected chi connectivity index (χ2v) is 4.46. The van der Waals surface area contributed by atoms with Crippen molar-refractivity contribution < 1.29 is 18.7 Å². The van der Waals surface area contributed by atoms with E-state index in [9.17, 15) is 14.0 Å². The van der Waals surface area contributed by atoms with Crippen LogP contribution in [0.5, 0.6) is 5.75 Å². The fourth-order valence-electron chi connectivity index (χ4n) is 2.02. The van der Waals surface area contributed by atoms with E-state index < -0.39 is 11.7 Å². The number of likely N-dealkylation sites (tertiary alicyclic amines) is 1. The van der Waals surface area contributed by atoms with Gasteiger partial charge in [0, 0.05) is 19.0 Å². The Morgan fingerprint density at radius 3 is 2.72 bits per heavy atom. The van der Waals surface area contributed by atoms with Crippen molar-refractivity contribution in [3.8, 4) is 5.75 Å². The zero-order chi connectivity index (χ0) is 13.3. The summed E-state index contributed by atoms with van der Waals surface area (Å²) in [6.07, 6.45) is 0.337. The van der Waals surface area contributed by atoms with Crippen LogP contribution in [0.15, 0.2) is 18.2 Å². The maximum atomic E-state index is 13.7. The summed E-state index contributed by atoms with van der Waals surface area (Å²) in [7, 11) is 1.42. The fraction of sp³-hybridized carbons (Fsp3) is 0.385. The Balaban J connectivity index is 2.26. The van der Waals surface area contributed by atoms with E-state index >= 15 is 0 Å². The molecule has 0 aliphatic carbocycles. The number of halogens is 1. The van der Waals surface area contributed by atoms with Gasteiger partial charge in [-0.1, -0.05) is 6.92 Å². The van der Waals surface area contributed by atoms with Gasteiger partial charge in [-0.3, -0.25) is 14.5 Å². The Morgan fingerprint density at radius 2 is 2.22 bits per heavy atom. The van der Waals surface area contributed by atoms with Crippen molar-refractivity contribution in [2.75, 3.05) is 13.7 Å². The molecule has 18 heavy (non-hydrogen) atoms. The van der Waals surface area contributed by atoms with Gasteiger partial charge in [0.1, 0.15) is 11.6 Å². The molecule has 0 aromatic heterocycles. The van der Waals surface area contributed by atoms with Gasteiger partial charge in [0.2, 0.25) is 5.91 Å². The molecule has 0 N–H and O–H groups in total. The average molecular weight is 251 g/mol. The monoisotopic (exact) mass is 251 g/mol. The van der Waals surface area contributed by atoms with Gasteiger partial charge in [0.05, 0.1) is 12.7 Å². The van der Waals surface area contributed by atoms with E-state index in [1.807, 2.05) is 6.92 Å². The van der Waals surface area contributed by atoms with Gasteiger partial charge in [-0.15, -0.1) is 0 Å². The highest BCUT2D eigenvalue weighted by molar-refractivity contribution is 6.05. The predicted molar refractivity (Wildman–Crippen MR) is 62.8 cm³/mol. The molecule has 1 atom stereocenters. The SMILES string of the molecule is COc1ccc(C(=O)N2CC(C)CC2=O)c(F)c1. The van der Waals surface area contributed by atoms with Crippen molar-refractivity contribution in [1.29, 1.82) is 0 Å². The van der Waals surface area contributed by atoms with Crippen LogP contribution in [-0.4, -0.2) is 30.4 Å². The van der Waals surface area contributed by atoms with Gasteiger partial charge in [0.15, 0.2) is 0 Å². The number of methoxy groups -OCH3 is 1. The second-order valence-electron chi connectivity index (χ2n) is 4.46. The van der Waals surface area contributed by atoms with Gasteiger partial charge < -0.3 is 4.74 Å². The lowest BCUT2D eigenvalue weighted by atomic mass is 10.1. The summed E-state index contributed by atoms with van der Waals surface area (Å²) in [4.78, 5) is 24.7. The number of rotatable bonds is 2. The smallest absolute Gasteiger partial charge is 0.263 e. The van der Waals surface area contributed by atoms with Crippen LogP contribution in [0.1, 0.15) is 23.7 Å². The standard InChI is InChI=1S/C13H14FNO3/c1-8-5-12(16)15(7-8)13(17)10-4-3-9(18-2)6-11(10)14/h3-4,6,8H,5,7H2,1-2H3. The first-order chi connectivity index (χ1) is 8.52. The fourth-order valence-corrected chi connectivity index (χ4v) is 2.02. The topological polar surface area (TPSA) is 46.6 Å². The molecule has 1 aromatic rings. The van der Waals surface area contributed by atoms with Gasteiger partial charge in [-0.05, 0) is 18.1 Å². The highest BCUT2D eigenvalue weighted by atomic mass is 19.1. The van der Waals surface area contributed by atoms with Crippen LogP contribution in [0.3, 0.4) is 0 Å². The Kier molecular flexibility index (Phi) is 3.32. The number of benzene rings is 1. The normalized spacial score (nSPS) is 19.2. The van der Waals surface area contributed by atoms with Crippen LogP contribution >= 0.6 is 0 Å². The quantitative estimate of drug-likeness (QED) is 0.753. The van der Waals surface area contributed by atoms with E-state index in [1.165, 1.54) is 19.2 Å². The summed E-state index contributed by atoms with van der Waals surface area (Å²) < 4.78 is 18.6. The number of hydrogen-bond donors (Lipinski definition) is 0. The summed E-state index contributed by atoms with van der Waals surface area (Å²) in [5.41, 5.74) is -0.0988. The maximum absolute atomic E-state index is 13.7. The Morgan fingerprint density at radius 1 is 1.50 bits per heavy atom. The molecule has 96 valence electrons. The molecule has 5 heteroatoms. The molecule has 1 fully saturated rings. The Hall–Kier alpha value is -1.91. The zero-order valence-corrected chi connectivity index (χ0v) is 10.3. The minimum absolute atomic E-state index is 0.0988. The molecule has 1 aliphatic rings. The van der Waals surface area contributed by atoms with E-state index in [0.717, 1.165) is 11.0 Å². The molecule has 2 rings (SSSR count). The van der Waals surface area contributed by atoms with E-state index in [1.54, 1.807) is 0 Å². The summed E-state index contributed by atoms with van der Waals surface area (Å²) in [6.45, 7) is 2.23. The zero-order valence-electron chi connectivity index (χ0n) is 10.3. The molecule has 1 aromatic carbocycles. The molecule has 0 bridgehead atoms. The molecule has 2 amide bonds. The van der Waals surface area contributed by atoms with Crippen molar-refractivity contribution in [1.82, 2.24) is 4.90 Å². The molecule has 1 saturated heterocycles. The van der Waals surface area contributed by atoms with Crippen LogP contribution < -0.4 is 4.74 Å². The van der Waals surface area contributed by atoms with Crippen molar-refractivity contribution in [2.24, 2.45) is 5.92 Å². The van der Waals surface area contributed by atoms with Crippen LogP contribution in [0.2, 0.25) is 0 Å². The summed E-state index contributed by atoms with van der Waals surface area (Å²) >= 11 is 0. The largest absolute Gasteiger partial charge is 0.497 e. The first-order valence-corrected chi connectivity index (χ1v) is 5.71. The third-order valence-corrected chi connectivity index (χ3v) is 2.97. The van der Waals surface area contributed by atoms with E-state index in [2.05, 4.69) is 0 Å². The maximum Gasteiger partial charge on any atom is 0.263 e. The summed E-state index contributed by atoms with van der Waals surface area (Å²) in [5, 5.41) is 0. The molecule has 0 saturated carbocycles. The van der Waals surface area contributed by atoms with Crippen LogP contribution in [0.4, 0.5) is 4.39 Å². The third kappa shape index (κ3) is 2.20. The molecule has 0 radical (unpaired) electrons. The molecule has 1 unspecified atom stereocenters. The van der Waals surface area contributed by atoms with E-state index in [-0.39, 0.29) is 17.4 Å². The predicted octanol–water partition coefficient (Wildman–Crippen LogP) is 1.84. The lowest BCUT2D eigenvalue weighted by Gasteiger charge is -2.14. The van der Waals surface area contributed by atoms with Crippen molar-refractivity contribution in [3.63, 3.8) is 0 Å². The first kappa shape index (κ1) is 12.5. The number of hydrogen-bond acceptors (Lipinski definition) is 3. The number of nitrogens with zero attached hydrogens (tertiary/aromatic N) is 1. The lowest BCUT2D eigenvalue weighted by Crippen LogP contribution is -2.32. The number of carbonyl (C=O) groups is 2. The van der Waals surface area contributed by atoms with Crippen molar-refractivity contribution in [2.45, 2.75) is 13.3 Å². The van der Waals surface area contributed by atoms with E-state index in [4.69, 9.17) is 4.74 Å². The first-order valence-electron chi connectivity index (χ1n) is 5.71. The Bertz CT molecular complexity index is 501. The summed E-state index contributed by atoms with van der Waals surface area (Å²) in [5.74, 6) is -1.04. The molecule has 1 aliphatic heterocycles. The minimum atomic E-state index is -0.674.